The number of hydrogen-bond donors (Lipinski definition) is 2. The number of carbonyl (C=O) groups excluding carboxylic acids is 1. The van der Waals surface area contributed by atoms with Gasteiger partial charge in [-0.3, -0.25) is 5.10 Å². The van der Waals surface area contributed by atoms with E-state index in [0.717, 1.165) is 25.7 Å². The molecule has 7 nitrogen and oxygen atoms in total. The monoisotopic (exact) mass is 287 g/mol. The van der Waals surface area contributed by atoms with Crippen LogP contribution in [0.1, 0.15) is 48.8 Å². The summed E-state index contributed by atoms with van der Waals surface area (Å²) >= 11 is 0. The third-order valence-electron chi connectivity index (χ3n) is 3.20. The average Bonchev–Trinajstić information content (AvgIpc) is 2.95. The summed E-state index contributed by atoms with van der Waals surface area (Å²) in [4.78, 5) is 11.7. The quantitative estimate of drug-likeness (QED) is 0.792. The number of primary sulfonamides is 1. The molecule has 1 saturated carbocycles. The molecule has 0 atom stereocenters. The van der Waals surface area contributed by atoms with Crippen LogP contribution in [0.15, 0.2) is 4.90 Å². The number of H-pyrrole nitrogens is 1. The third kappa shape index (κ3) is 2.95. The third-order valence-corrected chi connectivity index (χ3v) is 4.21. The zero-order valence-corrected chi connectivity index (χ0v) is 11.5. The fourth-order valence-corrected chi connectivity index (χ4v) is 3.20. The van der Waals surface area contributed by atoms with Crippen LogP contribution in [0.2, 0.25) is 0 Å². The van der Waals surface area contributed by atoms with Crippen molar-refractivity contribution >= 4 is 16.0 Å². The second-order valence-electron chi connectivity index (χ2n) is 4.59. The van der Waals surface area contributed by atoms with Crippen LogP contribution in [-0.2, 0) is 21.2 Å². The predicted molar refractivity (Wildman–Crippen MR) is 67.0 cm³/mol. The number of nitrogens with zero attached hydrogens (tertiary/aromatic N) is 1. The van der Waals surface area contributed by atoms with Crippen LogP contribution in [-0.4, -0.2) is 30.7 Å². The molecule has 0 saturated heterocycles. The molecule has 0 aromatic carbocycles. The molecule has 0 bridgehead atoms. The summed E-state index contributed by atoms with van der Waals surface area (Å²) in [5.41, 5.74) is 0.0760. The molecule has 3 N–H and O–H groups in total. The lowest BCUT2D eigenvalue weighted by molar-refractivity contribution is 0.0306. The molecule has 106 valence electrons. The Hall–Kier alpha value is -1.41. The highest BCUT2D eigenvalue weighted by molar-refractivity contribution is 7.89. The van der Waals surface area contributed by atoms with Crippen molar-refractivity contribution in [1.82, 2.24) is 10.2 Å². The molecule has 1 aromatic rings. The van der Waals surface area contributed by atoms with Crippen LogP contribution in [0.5, 0.6) is 0 Å². The van der Waals surface area contributed by atoms with Crippen LogP contribution >= 0.6 is 0 Å². The highest BCUT2D eigenvalue weighted by Crippen LogP contribution is 2.24. The molecule has 0 spiro atoms. The van der Waals surface area contributed by atoms with E-state index in [9.17, 15) is 13.2 Å². The van der Waals surface area contributed by atoms with Crippen LogP contribution < -0.4 is 5.14 Å². The SMILES string of the molecule is CCc1[nH]nc(C(=O)OC2CCCC2)c1S(N)(=O)=O. The number of hydrogen-bond acceptors (Lipinski definition) is 5. The summed E-state index contributed by atoms with van der Waals surface area (Å²) < 4.78 is 28.3. The maximum Gasteiger partial charge on any atom is 0.360 e. The number of ether oxygens (including phenoxy) is 1. The van der Waals surface area contributed by atoms with Crippen molar-refractivity contribution in [3.8, 4) is 0 Å². The fraction of sp³-hybridized carbons (Fsp3) is 0.636. The number of nitrogens with one attached hydrogen (secondary N) is 1. The van der Waals surface area contributed by atoms with Crippen molar-refractivity contribution in [3.63, 3.8) is 0 Å². The highest BCUT2D eigenvalue weighted by Gasteiger charge is 2.30. The predicted octanol–water partition coefficient (Wildman–Crippen LogP) is 0.719. The lowest BCUT2D eigenvalue weighted by Crippen LogP contribution is -2.21. The first-order valence-corrected chi connectivity index (χ1v) is 7.79. The van der Waals surface area contributed by atoms with E-state index in [-0.39, 0.29) is 16.7 Å². The lowest BCUT2D eigenvalue weighted by Gasteiger charge is -2.10. The largest absolute Gasteiger partial charge is 0.458 e. The zero-order chi connectivity index (χ0) is 14.0. The van der Waals surface area contributed by atoms with E-state index in [1.165, 1.54) is 0 Å². The number of rotatable bonds is 4. The Kier molecular flexibility index (Phi) is 3.91. The van der Waals surface area contributed by atoms with Gasteiger partial charge in [0, 0.05) is 0 Å². The molecule has 0 amide bonds. The van der Waals surface area contributed by atoms with Gasteiger partial charge in [0.05, 0.1) is 5.69 Å². The fourth-order valence-electron chi connectivity index (χ4n) is 2.27. The standard InChI is InChI=1S/C11H17N3O4S/c1-2-8-10(19(12,16)17)9(14-13-8)11(15)18-7-5-3-4-6-7/h7H,2-6H2,1H3,(H,13,14)(H2,12,16,17). The highest BCUT2D eigenvalue weighted by atomic mass is 32.2. The number of nitrogens with two attached hydrogens (primary N) is 1. The molecular formula is C11H17N3O4S. The van der Waals surface area contributed by atoms with Gasteiger partial charge in [0.1, 0.15) is 11.0 Å². The average molecular weight is 287 g/mol. The molecule has 0 aliphatic heterocycles. The number of aryl methyl sites for hydroxylation is 1. The Morgan fingerprint density at radius 2 is 2.11 bits per heavy atom. The van der Waals surface area contributed by atoms with Crippen molar-refractivity contribution in [3.05, 3.63) is 11.4 Å². The first kappa shape index (κ1) is 14.0. The molecule has 1 aliphatic carbocycles. The molecule has 0 radical (unpaired) electrons. The van der Waals surface area contributed by atoms with Crippen LogP contribution in [0.3, 0.4) is 0 Å². The topological polar surface area (TPSA) is 115 Å². The van der Waals surface area contributed by atoms with Crippen molar-refractivity contribution in [1.29, 1.82) is 0 Å². The number of esters is 1. The van der Waals surface area contributed by atoms with E-state index < -0.39 is 16.0 Å². The first-order valence-electron chi connectivity index (χ1n) is 6.24. The Labute approximate surface area is 111 Å². The molecule has 0 unspecified atom stereocenters. The maximum atomic E-state index is 12.0. The molecule has 1 aliphatic rings. The van der Waals surface area contributed by atoms with E-state index in [2.05, 4.69) is 10.2 Å². The summed E-state index contributed by atoms with van der Waals surface area (Å²) in [6.07, 6.45) is 3.88. The molecule has 1 heterocycles. The van der Waals surface area contributed by atoms with Gasteiger partial charge in [-0.15, -0.1) is 0 Å². The van der Waals surface area contributed by atoms with Gasteiger partial charge in [-0.1, -0.05) is 6.92 Å². The van der Waals surface area contributed by atoms with Crippen LogP contribution in [0.25, 0.3) is 0 Å². The summed E-state index contributed by atoms with van der Waals surface area (Å²) in [6, 6.07) is 0. The minimum atomic E-state index is -4.01. The van der Waals surface area contributed by atoms with Crippen molar-refractivity contribution in [2.45, 2.75) is 50.0 Å². The summed E-state index contributed by atoms with van der Waals surface area (Å²) in [6.45, 7) is 1.74. The summed E-state index contributed by atoms with van der Waals surface area (Å²) in [5.74, 6) is -0.730. The maximum absolute atomic E-state index is 12.0. The van der Waals surface area contributed by atoms with Gasteiger partial charge in [-0.2, -0.15) is 5.10 Å². The number of aromatic nitrogens is 2. The molecular weight excluding hydrogens is 270 g/mol. The minimum Gasteiger partial charge on any atom is -0.458 e. The smallest absolute Gasteiger partial charge is 0.360 e. The van der Waals surface area contributed by atoms with Crippen LogP contribution in [0.4, 0.5) is 0 Å². The zero-order valence-electron chi connectivity index (χ0n) is 10.7. The number of carbonyl (C=O) groups is 1. The molecule has 19 heavy (non-hydrogen) atoms. The Morgan fingerprint density at radius 3 is 2.63 bits per heavy atom. The normalized spacial score (nSPS) is 16.7. The van der Waals surface area contributed by atoms with Gasteiger partial charge in [-0.25, -0.2) is 18.4 Å². The Morgan fingerprint density at radius 1 is 1.47 bits per heavy atom. The Balaban J connectivity index is 2.29. The van der Waals surface area contributed by atoms with Gasteiger partial charge in [0.15, 0.2) is 5.69 Å². The van der Waals surface area contributed by atoms with Crippen molar-refractivity contribution < 1.29 is 17.9 Å². The molecule has 2 rings (SSSR count). The van der Waals surface area contributed by atoms with E-state index in [4.69, 9.17) is 9.88 Å². The van der Waals surface area contributed by atoms with E-state index in [1.807, 2.05) is 0 Å². The second-order valence-corrected chi connectivity index (χ2v) is 6.09. The van der Waals surface area contributed by atoms with Crippen molar-refractivity contribution in [2.75, 3.05) is 0 Å². The van der Waals surface area contributed by atoms with Gasteiger partial charge in [-0.05, 0) is 32.1 Å². The van der Waals surface area contributed by atoms with Gasteiger partial charge < -0.3 is 4.74 Å². The first-order chi connectivity index (χ1) is 8.93. The summed E-state index contributed by atoms with van der Waals surface area (Å²) in [5, 5.41) is 11.4. The lowest BCUT2D eigenvalue weighted by atomic mass is 10.3. The second kappa shape index (κ2) is 5.30. The van der Waals surface area contributed by atoms with Gasteiger partial charge in [0.2, 0.25) is 10.0 Å². The van der Waals surface area contributed by atoms with Gasteiger partial charge in [0.25, 0.3) is 0 Å². The van der Waals surface area contributed by atoms with E-state index in [1.54, 1.807) is 6.92 Å². The number of aromatic amines is 1. The Bertz CT molecular complexity index is 573. The summed E-state index contributed by atoms with van der Waals surface area (Å²) in [7, 11) is -4.01. The molecule has 8 heteroatoms. The van der Waals surface area contributed by atoms with Gasteiger partial charge >= 0.3 is 5.97 Å². The van der Waals surface area contributed by atoms with E-state index in [0.29, 0.717) is 12.1 Å². The minimum absolute atomic E-state index is 0.150. The van der Waals surface area contributed by atoms with Crippen LogP contribution in [0, 0.1) is 0 Å². The van der Waals surface area contributed by atoms with E-state index >= 15 is 0 Å². The van der Waals surface area contributed by atoms with Crippen molar-refractivity contribution in [2.24, 2.45) is 5.14 Å². The molecule has 1 fully saturated rings. The molecule has 1 aromatic heterocycles. The number of sulfonamides is 1.